The third-order valence-electron chi connectivity index (χ3n) is 3.71. The second-order valence-corrected chi connectivity index (χ2v) is 6.60. The number of hydrogen-bond donors (Lipinski definition) is 1. The van der Waals surface area contributed by atoms with Gasteiger partial charge in [-0.25, -0.2) is 0 Å². The first-order valence-corrected chi connectivity index (χ1v) is 7.50. The van der Waals surface area contributed by atoms with Crippen LogP contribution in [-0.2, 0) is 6.42 Å². The van der Waals surface area contributed by atoms with Crippen molar-refractivity contribution < 1.29 is 9.32 Å². The second kappa shape index (κ2) is 5.40. The van der Waals surface area contributed by atoms with E-state index >= 15 is 0 Å². The summed E-state index contributed by atoms with van der Waals surface area (Å²) in [4.78, 5) is 13.6. The Morgan fingerprint density at radius 3 is 2.60 bits per heavy atom. The summed E-state index contributed by atoms with van der Waals surface area (Å²) < 4.78 is 5.26. The monoisotopic (exact) mass is 292 g/mol. The van der Waals surface area contributed by atoms with Gasteiger partial charge in [-0.15, -0.1) is 11.3 Å². The Morgan fingerprint density at radius 2 is 2.15 bits per heavy atom. The van der Waals surface area contributed by atoms with Crippen molar-refractivity contribution in [3.8, 4) is 0 Å². The standard InChI is InChI=1S/C15H20N2O2S/c1-5-15(4,8-11-7-10(3)17-19-11)14(18)13-9(2)6-12(16)20-13/h6-7H,5,8,16H2,1-4H3. The van der Waals surface area contributed by atoms with E-state index in [0.29, 0.717) is 11.4 Å². The summed E-state index contributed by atoms with van der Waals surface area (Å²) in [5.41, 5.74) is 7.09. The molecule has 20 heavy (non-hydrogen) atoms. The van der Waals surface area contributed by atoms with Crippen LogP contribution >= 0.6 is 11.3 Å². The SMILES string of the molecule is CCC(C)(Cc1cc(C)no1)C(=O)c1sc(N)cc1C. The van der Waals surface area contributed by atoms with E-state index in [1.807, 2.05) is 39.8 Å². The van der Waals surface area contributed by atoms with Crippen LogP contribution in [-0.4, -0.2) is 10.9 Å². The van der Waals surface area contributed by atoms with E-state index in [4.69, 9.17) is 10.3 Å². The van der Waals surface area contributed by atoms with Crippen LogP contribution in [0.1, 0.15) is 47.0 Å². The van der Waals surface area contributed by atoms with Crippen molar-refractivity contribution in [1.82, 2.24) is 5.16 Å². The van der Waals surface area contributed by atoms with Gasteiger partial charge in [0, 0.05) is 17.9 Å². The fraction of sp³-hybridized carbons (Fsp3) is 0.467. The normalized spacial score (nSPS) is 14.2. The number of carbonyl (C=O) groups excluding carboxylic acids is 1. The maximum atomic E-state index is 12.8. The lowest BCUT2D eigenvalue weighted by molar-refractivity contribution is 0.0801. The number of hydrogen-bond acceptors (Lipinski definition) is 5. The van der Waals surface area contributed by atoms with Crippen LogP contribution < -0.4 is 5.73 Å². The fourth-order valence-corrected chi connectivity index (χ4v) is 3.29. The van der Waals surface area contributed by atoms with E-state index in [-0.39, 0.29) is 5.78 Å². The summed E-state index contributed by atoms with van der Waals surface area (Å²) >= 11 is 1.36. The zero-order valence-electron chi connectivity index (χ0n) is 12.3. The molecule has 2 aromatic rings. The Kier molecular flexibility index (Phi) is 3.99. The molecule has 1 atom stereocenters. The Bertz CT molecular complexity index is 630. The first-order chi connectivity index (χ1) is 9.35. The van der Waals surface area contributed by atoms with Gasteiger partial charge in [-0.3, -0.25) is 4.79 Å². The maximum absolute atomic E-state index is 12.8. The third kappa shape index (κ3) is 2.77. The number of nitrogens with two attached hydrogens (primary N) is 1. The second-order valence-electron chi connectivity index (χ2n) is 5.52. The number of nitrogens with zero attached hydrogens (tertiary/aromatic N) is 1. The van der Waals surface area contributed by atoms with Crippen LogP contribution in [0.25, 0.3) is 0 Å². The lowest BCUT2D eigenvalue weighted by atomic mass is 9.78. The minimum atomic E-state index is -0.492. The van der Waals surface area contributed by atoms with Gasteiger partial charge >= 0.3 is 0 Å². The highest BCUT2D eigenvalue weighted by Gasteiger charge is 2.35. The van der Waals surface area contributed by atoms with Gasteiger partial charge in [-0.2, -0.15) is 0 Å². The molecule has 2 aromatic heterocycles. The number of nitrogen functional groups attached to an aromatic ring is 1. The number of Topliss-reactive ketones (excluding diaryl/α,β-unsaturated/α-hetero) is 1. The quantitative estimate of drug-likeness (QED) is 0.851. The molecule has 0 aliphatic carbocycles. The molecule has 0 spiro atoms. The largest absolute Gasteiger partial charge is 0.391 e. The Hall–Kier alpha value is -1.62. The average Bonchev–Trinajstić information content (AvgIpc) is 2.94. The predicted octanol–water partition coefficient (Wildman–Crippen LogP) is 3.78. The molecule has 0 aromatic carbocycles. The van der Waals surface area contributed by atoms with Gasteiger partial charge in [-0.05, 0) is 31.9 Å². The first-order valence-electron chi connectivity index (χ1n) is 6.68. The highest BCUT2D eigenvalue weighted by molar-refractivity contribution is 7.18. The first kappa shape index (κ1) is 14.8. The molecule has 0 amide bonds. The fourth-order valence-electron chi connectivity index (χ4n) is 2.26. The minimum absolute atomic E-state index is 0.133. The van der Waals surface area contributed by atoms with Crippen molar-refractivity contribution in [2.45, 2.75) is 40.5 Å². The van der Waals surface area contributed by atoms with Crippen LogP contribution in [0, 0.1) is 19.3 Å². The number of thiophene rings is 1. The van der Waals surface area contributed by atoms with Crippen molar-refractivity contribution in [2.75, 3.05) is 5.73 Å². The lowest BCUT2D eigenvalue weighted by Crippen LogP contribution is -2.29. The van der Waals surface area contributed by atoms with Gasteiger partial charge in [0.2, 0.25) is 0 Å². The summed E-state index contributed by atoms with van der Waals surface area (Å²) in [6.07, 6.45) is 1.29. The number of rotatable bonds is 5. The minimum Gasteiger partial charge on any atom is -0.391 e. The van der Waals surface area contributed by atoms with Crippen LogP contribution in [0.5, 0.6) is 0 Å². The molecule has 108 valence electrons. The topological polar surface area (TPSA) is 69.1 Å². The molecule has 2 rings (SSSR count). The molecule has 0 bridgehead atoms. The number of carbonyl (C=O) groups is 1. The number of aryl methyl sites for hydroxylation is 2. The van der Waals surface area contributed by atoms with Crippen LogP contribution in [0.15, 0.2) is 16.7 Å². The zero-order valence-corrected chi connectivity index (χ0v) is 13.1. The van der Waals surface area contributed by atoms with Crippen molar-refractivity contribution >= 4 is 22.1 Å². The summed E-state index contributed by atoms with van der Waals surface area (Å²) in [7, 11) is 0. The van der Waals surface area contributed by atoms with Gasteiger partial charge in [0.1, 0.15) is 5.76 Å². The van der Waals surface area contributed by atoms with E-state index in [1.165, 1.54) is 11.3 Å². The van der Waals surface area contributed by atoms with E-state index in [1.54, 1.807) is 0 Å². The van der Waals surface area contributed by atoms with Crippen LogP contribution in [0.3, 0.4) is 0 Å². The molecule has 2 heterocycles. The summed E-state index contributed by atoms with van der Waals surface area (Å²) in [6.45, 7) is 7.80. The van der Waals surface area contributed by atoms with E-state index in [2.05, 4.69) is 5.16 Å². The Labute approximate surface area is 123 Å². The van der Waals surface area contributed by atoms with Crippen LogP contribution in [0.4, 0.5) is 5.00 Å². The molecule has 4 nitrogen and oxygen atoms in total. The molecule has 0 aliphatic rings. The predicted molar refractivity (Wildman–Crippen MR) is 81.1 cm³/mol. The molecule has 0 fully saturated rings. The van der Waals surface area contributed by atoms with Crippen LogP contribution in [0.2, 0.25) is 0 Å². The maximum Gasteiger partial charge on any atom is 0.179 e. The number of anilines is 1. The highest BCUT2D eigenvalue weighted by atomic mass is 32.1. The van der Waals surface area contributed by atoms with Gasteiger partial charge < -0.3 is 10.3 Å². The Balaban J connectivity index is 2.30. The molecule has 0 aliphatic heterocycles. The number of aromatic nitrogens is 1. The van der Waals surface area contributed by atoms with Gasteiger partial charge in [0.05, 0.1) is 15.6 Å². The third-order valence-corrected chi connectivity index (χ3v) is 4.78. The molecule has 5 heteroatoms. The van der Waals surface area contributed by atoms with E-state index in [0.717, 1.165) is 28.3 Å². The van der Waals surface area contributed by atoms with E-state index in [9.17, 15) is 4.79 Å². The molecule has 2 N–H and O–H groups in total. The molecule has 0 radical (unpaired) electrons. The van der Waals surface area contributed by atoms with Crippen molar-refractivity contribution in [3.63, 3.8) is 0 Å². The van der Waals surface area contributed by atoms with Gasteiger partial charge in [0.25, 0.3) is 0 Å². The lowest BCUT2D eigenvalue weighted by Gasteiger charge is -2.25. The summed E-state index contributed by atoms with van der Waals surface area (Å²) in [5.74, 6) is 0.885. The highest BCUT2D eigenvalue weighted by Crippen LogP contribution is 2.35. The van der Waals surface area contributed by atoms with Crippen molar-refractivity contribution in [3.05, 3.63) is 34.0 Å². The summed E-state index contributed by atoms with van der Waals surface area (Å²) in [5, 5.41) is 4.57. The summed E-state index contributed by atoms with van der Waals surface area (Å²) in [6, 6.07) is 3.74. The zero-order chi connectivity index (χ0) is 14.9. The number of ketones is 1. The van der Waals surface area contributed by atoms with Crippen molar-refractivity contribution in [2.24, 2.45) is 5.41 Å². The van der Waals surface area contributed by atoms with E-state index < -0.39 is 5.41 Å². The molecule has 0 saturated heterocycles. The van der Waals surface area contributed by atoms with Gasteiger partial charge in [-0.1, -0.05) is 19.0 Å². The smallest absolute Gasteiger partial charge is 0.179 e. The molecule has 1 unspecified atom stereocenters. The van der Waals surface area contributed by atoms with Crippen molar-refractivity contribution in [1.29, 1.82) is 0 Å². The molecule has 0 saturated carbocycles. The average molecular weight is 292 g/mol. The van der Waals surface area contributed by atoms with Gasteiger partial charge in [0.15, 0.2) is 5.78 Å². The molecular formula is C15H20N2O2S. The Morgan fingerprint density at radius 1 is 1.45 bits per heavy atom. The molecular weight excluding hydrogens is 272 g/mol.